The Kier molecular flexibility index (Phi) is 5.38. The maximum Gasteiger partial charge on any atom is 0.267 e. The minimum Gasteiger partial charge on any atom is -0.297 e. The molecule has 1 amide bonds. The fourth-order valence-electron chi connectivity index (χ4n) is 3.50. The first-order chi connectivity index (χ1) is 15.6. The molecule has 5 rings (SSSR count). The summed E-state index contributed by atoms with van der Waals surface area (Å²) in [6, 6.07) is 19.5. The molecule has 1 N–H and O–H groups in total. The number of rotatable bonds is 5. The van der Waals surface area contributed by atoms with E-state index in [1.807, 2.05) is 66.0 Å². The molecule has 0 radical (unpaired) electrons. The summed E-state index contributed by atoms with van der Waals surface area (Å²) in [5.74, 6) is -0.284. The van der Waals surface area contributed by atoms with Gasteiger partial charge in [-0.25, -0.2) is 9.97 Å². The SMILES string of the molecule is Cc1c(C(=O)Nc2nc(-c3ccccc3)cs2)sc2ncn(Cc3ccccc3)c(=O)c12. The number of anilines is 1. The number of thiophene rings is 1. The van der Waals surface area contributed by atoms with E-state index in [1.54, 1.807) is 17.8 Å². The number of benzene rings is 2. The Labute approximate surface area is 191 Å². The molecule has 2 aromatic carbocycles. The molecule has 158 valence electrons. The van der Waals surface area contributed by atoms with Crippen LogP contribution in [0.2, 0.25) is 0 Å². The molecule has 0 spiro atoms. The molecule has 0 saturated carbocycles. The Bertz CT molecular complexity index is 1470. The maximum absolute atomic E-state index is 13.1. The number of amides is 1. The number of fused-ring (bicyclic) bond motifs is 1. The number of hydrogen-bond donors (Lipinski definition) is 1. The van der Waals surface area contributed by atoms with E-state index < -0.39 is 0 Å². The van der Waals surface area contributed by atoms with Crippen molar-refractivity contribution in [3.8, 4) is 11.3 Å². The van der Waals surface area contributed by atoms with Gasteiger partial charge in [-0.2, -0.15) is 0 Å². The maximum atomic E-state index is 13.1. The summed E-state index contributed by atoms with van der Waals surface area (Å²) in [5, 5.41) is 5.78. The minimum absolute atomic E-state index is 0.146. The zero-order valence-electron chi connectivity index (χ0n) is 17.1. The van der Waals surface area contributed by atoms with Gasteiger partial charge in [-0.1, -0.05) is 60.7 Å². The first-order valence-electron chi connectivity index (χ1n) is 9.95. The molecule has 8 heteroatoms. The van der Waals surface area contributed by atoms with Gasteiger partial charge in [0, 0.05) is 10.9 Å². The van der Waals surface area contributed by atoms with Crippen molar-refractivity contribution in [2.75, 3.05) is 5.32 Å². The van der Waals surface area contributed by atoms with Crippen LogP contribution in [-0.4, -0.2) is 20.4 Å². The van der Waals surface area contributed by atoms with Gasteiger partial charge in [0.2, 0.25) is 0 Å². The van der Waals surface area contributed by atoms with Gasteiger partial charge in [0.25, 0.3) is 11.5 Å². The average Bonchev–Trinajstić information content (AvgIpc) is 3.42. The molecule has 3 heterocycles. The third-order valence-corrected chi connectivity index (χ3v) is 7.07. The predicted molar refractivity (Wildman–Crippen MR) is 130 cm³/mol. The summed E-state index contributed by atoms with van der Waals surface area (Å²) in [5.41, 5.74) is 3.31. The number of hydrogen-bond acceptors (Lipinski definition) is 6. The lowest BCUT2D eigenvalue weighted by Crippen LogP contribution is -2.21. The van der Waals surface area contributed by atoms with Crippen LogP contribution < -0.4 is 10.9 Å². The molecule has 0 aliphatic rings. The van der Waals surface area contributed by atoms with Crippen LogP contribution in [0.15, 0.2) is 77.2 Å². The quantitative estimate of drug-likeness (QED) is 0.393. The summed E-state index contributed by atoms with van der Waals surface area (Å²) < 4.78 is 1.58. The summed E-state index contributed by atoms with van der Waals surface area (Å²) in [6.45, 7) is 2.22. The lowest BCUT2D eigenvalue weighted by Gasteiger charge is -2.05. The summed E-state index contributed by atoms with van der Waals surface area (Å²) in [4.78, 5) is 36.1. The van der Waals surface area contributed by atoms with Crippen LogP contribution in [0.1, 0.15) is 20.8 Å². The van der Waals surface area contributed by atoms with E-state index in [0.717, 1.165) is 16.8 Å². The van der Waals surface area contributed by atoms with Crippen molar-refractivity contribution in [2.45, 2.75) is 13.5 Å². The zero-order chi connectivity index (χ0) is 22.1. The summed E-state index contributed by atoms with van der Waals surface area (Å²) in [7, 11) is 0. The average molecular weight is 459 g/mol. The first-order valence-corrected chi connectivity index (χ1v) is 11.6. The third-order valence-electron chi connectivity index (χ3n) is 5.11. The van der Waals surface area contributed by atoms with E-state index in [4.69, 9.17) is 0 Å². The molecule has 0 fully saturated rings. The molecule has 0 bridgehead atoms. The Morgan fingerprint density at radius 3 is 2.53 bits per heavy atom. The Morgan fingerprint density at radius 2 is 1.78 bits per heavy atom. The van der Waals surface area contributed by atoms with Crippen molar-refractivity contribution < 1.29 is 4.79 Å². The number of nitrogens with one attached hydrogen (secondary N) is 1. The molecule has 0 atom stereocenters. The molecular weight excluding hydrogens is 440 g/mol. The van der Waals surface area contributed by atoms with Crippen molar-refractivity contribution in [1.82, 2.24) is 14.5 Å². The largest absolute Gasteiger partial charge is 0.297 e. The second-order valence-electron chi connectivity index (χ2n) is 7.26. The normalized spacial score (nSPS) is 11.0. The Balaban J connectivity index is 1.42. The molecule has 32 heavy (non-hydrogen) atoms. The van der Waals surface area contributed by atoms with E-state index in [9.17, 15) is 9.59 Å². The van der Waals surface area contributed by atoms with Crippen LogP contribution in [0, 0.1) is 6.92 Å². The van der Waals surface area contributed by atoms with Gasteiger partial charge in [0.15, 0.2) is 5.13 Å². The Morgan fingerprint density at radius 1 is 1.06 bits per heavy atom. The highest BCUT2D eigenvalue weighted by atomic mass is 32.1. The highest BCUT2D eigenvalue weighted by Gasteiger charge is 2.20. The lowest BCUT2D eigenvalue weighted by atomic mass is 10.2. The number of aromatic nitrogens is 3. The van der Waals surface area contributed by atoms with Crippen LogP contribution in [0.4, 0.5) is 5.13 Å². The van der Waals surface area contributed by atoms with Crippen LogP contribution in [-0.2, 0) is 6.54 Å². The predicted octanol–water partition coefficient (Wildman–Crippen LogP) is 5.19. The van der Waals surface area contributed by atoms with E-state index in [0.29, 0.717) is 32.3 Å². The number of carbonyl (C=O) groups is 1. The monoisotopic (exact) mass is 458 g/mol. The third kappa shape index (κ3) is 3.86. The van der Waals surface area contributed by atoms with Gasteiger partial charge >= 0.3 is 0 Å². The molecule has 3 aromatic heterocycles. The highest BCUT2D eigenvalue weighted by molar-refractivity contribution is 7.21. The molecule has 5 aromatic rings. The van der Waals surface area contributed by atoms with Gasteiger partial charge in [-0.3, -0.25) is 19.5 Å². The fourth-order valence-corrected chi connectivity index (χ4v) is 5.24. The second-order valence-corrected chi connectivity index (χ2v) is 9.11. The molecular formula is C24H18N4O2S2. The van der Waals surface area contributed by atoms with Crippen LogP contribution in [0.25, 0.3) is 21.5 Å². The lowest BCUT2D eigenvalue weighted by molar-refractivity contribution is 0.103. The van der Waals surface area contributed by atoms with E-state index >= 15 is 0 Å². The number of nitrogens with zero attached hydrogens (tertiary/aromatic N) is 3. The van der Waals surface area contributed by atoms with E-state index in [-0.39, 0.29) is 11.5 Å². The van der Waals surface area contributed by atoms with Crippen LogP contribution >= 0.6 is 22.7 Å². The molecule has 0 aliphatic heterocycles. The Hall–Kier alpha value is -3.62. The summed E-state index contributed by atoms with van der Waals surface area (Å²) >= 11 is 2.59. The molecule has 0 aliphatic carbocycles. The van der Waals surface area contributed by atoms with Gasteiger partial charge in [0.05, 0.1) is 28.8 Å². The second kappa shape index (κ2) is 8.49. The first kappa shape index (κ1) is 20.3. The minimum atomic E-state index is -0.284. The number of thiazole rings is 1. The van der Waals surface area contributed by atoms with Gasteiger partial charge < -0.3 is 0 Å². The van der Waals surface area contributed by atoms with Crippen molar-refractivity contribution >= 4 is 43.9 Å². The smallest absolute Gasteiger partial charge is 0.267 e. The number of aryl methyl sites for hydroxylation is 1. The topological polar surface area (TPSA) is 76.9 Å². The highest BCUT2D eigenvalue weighted by Crippen LogP contribution is 2.29. The van der Waals surface area contributed by atoms with Crippen molar-refractivity contribution in [3.63, 3.8) is 0 Å². The fraction of sp³-hybridized carbons (Fsp3) is 0.0833. The van der Waals surface area contributed by atoms with Crippen LogP contribution in [0.5, 0.6) is 0 Å². The summed E-state index contributed by atoms with van der Waals surface area (Å²) in [6.07, 6.45) is 1.54. The van der Waals surface area contributed by atoms with Crippen molar-refractivity contribution in [1.29, 1.82) is 0 Å². The number of carbonyl (C=O) groups excluding carboxylic acids is 1. The molecule has 0 unspecified atom stereocenters. The molecule has 6 nitrogen and oxygen atoms in total. The van der Waals surface area contributed by atoms with E-state index in [1.165, 1.54) is 22.7 Å². The van der Waals surface area contributed by atoms with Gasteiger partial charge in [0.1, 0.15) is 4.83 Å². The van der Waals surface area contributed by atoms with Crippen molar-refractivity contribution in [3.05, 3.63) is 98.7 Å². The van der Waals surface area contributed by atoms with Crippen LogP contribution in [0.3, 0.4) is 0 Å². The van der Waals surface area contributed by atoms with Crippen molar-refractivity contribution in [2.24, 2.45) is 0 Å². The van der Waals surface area contributed by atoms with Gasteiger partial charge in [-0.05, 0) is 18.1 Å². The molecule has 0 saturated heterocycles. The zero-order valence-corrected chi connectivity index (χ0v) is 18.7. The standard InChI is InChI=1S/C24H18N4O2S2/c1-15-19-22(25-14-28(23(19)30)12-16-8-4-2-5-9-16)32-20(15)21(29)27-24-26-18(13-31-24)17-10-6-3-7-11-17/h2-11,13-14H,12H2,1H3,(H,26,27,29). The van der Waals surface area contributed by atoms with E-state index in [2.05, 4.69) is 15.3 Å². The van der Waals surface area contributed by atoms with Gasteiger partial charge in [-0.15, -0.1) is 22.7 Å².